The predicted molar refractivity (Wildman–Crippen MR) is 126 cm³/mol. The van der Waals surface area contributed by atoms with E-state index in [0.717, 1.165) is 38.0 Å². The van der Waals surface area contributed by atoms with Crippen molar-refractivity contribution < 1.29 is 4.39 Å². The summed E-state index contributed by atoms with van der Waals surface area (Å²) in [6.45, 7) is 4.63. The van der Waals surface area contributed by atoms with Crippen LogP contribution in [0.15, 0.2) is 41.5 Å². The molecule has 9 nitrogen and oxygen atoms in total. The van der Waals surface area contributed by atoms with Crippen molar-refractivity contribution in [2.45, 2.75) is 51.4 Å². The van der Waals surface area contributed by atoms with Crippen molar-refractivity contribution in [3.8, 4) is 5.82 Å². The van der Waals surface area contributed by atoms with Crippen molar-refractivity contribution in [1.82, 2.24) is 34.6 Å². The summed E-state index contributed by atoms with van der Waals surface area (Å²) >= 11 is 0. The average molecular weight is 461 g/mol. The second kappa shape index (κ2) is 7.69. The van der Waals surface area contributed by atoms with E-state index >= 15 is 0 Å². The number of benzene rings is 1. The third kappa shape index (κ3) is 3.63. The number of hydrogen-bond donors (Lipinski definition) is 2. The van der Waals surface area contributed by atoms with Gasteiger partial charge >= 0.3 is 0 Å². The highest BCUT2D eigenvalue weighted by molar-refractivity contribution is 5.77. The standard InChI is InChI=1S/C24H25FN8O/c1-24(2,25)22-27-10-8-19(30-22)33-20-18(21(34)32(33)17-5-6-17)13-28-23(31-20)29-16-4-3-14-7-9-26-12-15(14)11-16/h3-4,8,10-11,13,17,26H,5-7,9,12H2,1-2H3,(H,28,29,31). The smallest absolute Gasteiger partial charge is 0.278 e. The van der Waals surface area contributed by atoms with Gasteiger partial charge in [0.2, 0.25) is 5.95 Å². The molecule has 4 aromatic rings. The Bertz CT molecular complexity index is 1460. The lowest BCUT2D eigenvalue weighted by atomic mass is 10.0. The Balaban J connectivity index is 1.46. The number of rotatable bonds is 5. The molecule has 6 rings (SSSR count). The fraction of sp³-hybridized carbons (Fsp3) is 0.375. The van der Waals surface area contributed by atoms with Crippen LogP contribution < -0.4 is 16.2 Å². The topological polar surface area (TPSA) is 103 Å². The van der Waals surface area contributed by atoms with E-state index in [9.17, 15) is 9.18 Å². The maximum Gasteiger partial charge on any atom is 0.278 e. The van der Waals surface area contributed by atoms with Gasteiger partial charge in [-0.2, -0.15) is 4.98 Å². The number of alkyl halides is 1. The molecule has 0 atom stereocenters. The van der Waals surface area contributed by atoms with Crippen LogP contribution in [0.25, 0.3) is 16.9 Å². The van der Waals surface area contributed by atoms with Crippen molar-refractivity contribution in [1.29, 1.82) is 0 Å². The molecule has 0 spiro atoms. The van der Waals surface area contributed by atoms with Crippen molar-refractivity contribution >= 4 is 22.7 Å². The second-order valence-corrected chi connectivity index (χ2v) is 9.37. The monoisotopic (exact) mass is 460 g/mol. The summed E-state index contributed by atoms with van der Waals surface area (Å²) in [4.78, 5) is 30.9. The van der Waals surface area contributed by atoms with Crippen molar-refractivity contribution in [3.63, 3.8) is 0 Å². The van der Waals surface area contributed by atoms with Crippen LogP contribution in [0.1, 0.15) is 49.7 Å². The molecule has 10 heteroatoms. The van der Waals surface area contributed by atoms with E-state index in [1.54, 1.807) is 21.6 Å². The van der Waals surface area contributed by atoms with Gasteiger partial charge in [0.05, 0.1) is 6.04 Å². The zero-order valence-electron chi connectivity index (χ0n) is 19.0. The van der Waals surface area contributed by atoms with Crippen LogP contribution in [-0.4, -0.2) is 35.8 Å². The van der Waals surface area contributed by atoms with Gasteiger partial charge in [0.1, 0.15) is 5.39 Å². The average Bonchev–Trinajstić information content (AvgIpc) is 3.62. The first-order valence-corrected chi connectivity index (χ1v) is 11.5. The lowest BCUT2D eigenvalue weighted by Crippen LogP contribution is -2.23. The van der Waals surface area contributed by atoms with Gasteiger partial charge < -0.3 is 10.6 Å². The molecule has 1 aliphatic heterocycles. The number of nitrogens with zero attached hydrogens (tertiary/aromatic N) is 6. The van der Waals surface area contributed by atoms with E-state index in [4.69, 9.17) is 4.98 Å². The van der Waals surface area contributed by atoms with Gasteiger partial charge in [-0.05, 0) is 62.9 Å². The minimum atomic E-state index is -1.72. The first-order valence-electron chi connectivity index (χ1n) is 11.5. The number of anilines is 2. The van der Waals surface area contributed by atoms with Gasteiger partial charge in [0.15, 0.2) is 23.0 Å². The highest BCUT2D eigenvalue weighted by Crippen LogP contribution is 2.35. The number of halogens is 1. The van der Waals surface area contributed by atoms with E-state index in [1.807, 2.05) is 6.07 Å². The van der Waals surface area contributed by atoms with E-state index in [2.05, 4.69) is 37.7 Å². The lowest BCUT2D eigenvalue weighted by molar-refractivity contribution is 0.206. The van der Waals surface area contributed by atoms with E-state index in [0.29, 0.717) is 22.8 Å². The summed E-state index contributed by atoms with van der Waals surface area (Å²) < 4.78 is 17.9. The molecule has 1 aliphatic carbocycles. The van der Waals surface area contributed by atoms with Crippen LogP contribution in [0.2, 0.25) is 0 Å². The Morgan fingerprint density at radius 2 is 2.00 bits per heavy atom. The van der Waals surface area contributed by atoms with Gasteiger partial charge in [-0.25, -0.2) is 28.7 Å². The van der Waals surface area contributed by atoms with Gasteiger partial charge in [-0.1, -0.05) is 6.07 Å². The zero-order chi connectivity index (χ0) is 23.4. The van der Waals surface area contributed by atoms with Crippen molar-refractivity contribution in [2.75, 3.05) is 11.9 Å². The third-order valence-corrected chi connectivity index (χ3v) is 6.25. The molecular weight excluding hydrogens is 435 g/mol. The van der Waals surface area contributed by atoms with Gasteiger partial charge in [-0.3, -0.25) is 4.79 Å². The van der Waals surface area contributed by atoms with Gasteiger partial charge in [0.25, 0.3) is 5.56 Å². The molecule has 1 aromatic carbocycles. The van der Waals surface area contributed by atoms with Crippen LogP contribution >= 0.6 is 0 Å². The fourth-order valence-corrected chi connectivity index (χ4v) is 4.37. The Morgan fingerprint density at radius 3 is 2.79 bits per heavy atom. The minimum absolute atomic E-state index is 0.0525. The molecule has 174 valence electrons. The number of hydrogen-bond acceptors (Lipinski definition) is 7. The van der Waals surface area contributed by atoms with E-state index in [1.165, 1.54) is 31.2 Å². The zero-order valence-corrected chi connectivity index (χ0v) is 19.0. The molecule has 4 heterocycles. The summed E-state index contributed by atoms with van der Waals surface area (Å²) in [5, 5.41) is 7.05. The van der Waals surface area contributed by atoms with E-state index < -0.39 is 5.67 Å². The molecule has 1 fully saturated rings. The molecule has 0 bridgehead atoms. The molecule has 2 aliphatic rings. The number of fused-ring (bicyclic) bond motifs is 2. The molecule has 1 saturated carbocycles. The normalized spacial score (nSPS) is 16.0. The lowest BCUT2D eigenvalue weighted by Gasteiger charge is -2.18. The van der Waals surface area contributed by atoms with Gasteiger partial charge in [0, 0.05) is 30.7 Å². The van der Waals surface area contributed by atoms with Crippen LogP contribution in [0.4, 0.5) is 16.0 Å². The molecular formula is C24H25FN8O. The molecule has 0 amide bonds. The quantitative estimate of drug-likeness (QED) is 0.471. The molecule has 0 saturated heterocycles. The summed E-state index contributed by atoms with van der Waals surface area (Å²) in [7, 11) is 0. The molecule has 0 unspecified atom stereocenters. The summed E-state index contributed by atoms with van der Waals surface area (Å²) in [5.74, 6) is 0.828. The SMILES string of the molecule is CC(C)(F)c1nccc(-n2c3nc(Nc4ccc5c(c4)CNCC5)ncc3c(=O)n2C2CC2)n1. The van der Waals surface area contributed by atoms with Crippen LogP contribution in [0.5, 0.6) is 0 Å². The Morgan fingerprint density at radius 1 is 1.15 bits per heavy atom. The minimum Gasteiger partial charge on any atom is -0.324 e. The number of aromatic nitrogens is 6. The summed E-state index contributed by atoms with van der Waals surface area (Å²) in [5.41, 5.74) is 2.00. The first kappa shape index (κ1) is 20.9. The van der Waals surface area contributed by atoms with Crippen molar-refractivity contribution in [3.05, 3.63) is 64.0 Å². The molecule has 2 N–H and O–H groups in total. The maximum atomic E-state index is 14.6. The highest BCUT2D eigenvalue weighted by Gasteiger charge is 2.32. The Hall–Kier alpha value is -3.66. The molecule has 0 radical (unpaired) electrons. The Labute approximate surface area is 195 Å². The Kier molecular flexibility index (Phi) is 4.73. The molecule has 3 aromatic heterocycles. The van der Waals surface area contributed by atoms with Gasteiger partial charge in [-0.15, -0.1) is 0 Å². The van der Waals surface area contributed by atoms with Crippen LogP contribution in [-0.2, 0) is 18.6 Å². The first-order chi connectivity index (χ1) is 16.4. The highest BCUT2D eigenvalue weighted by atomic mass is 19.1. The van der Waals surface area contributed by atoms with E-state index in [-0.39, 0.29) is 17.4 Å². The largest absolute Gasteiger partial charge is 0.324 e. The second-order valence-electron chi connectivity index (χ2n) is 9.37. The third-order valence-electron chi connectivity index (χ3n) is 6.25. The summed E-state index contributed by atoms with van der Waals surface area (Å²) in [6.07, 6.45) is 5.85. The van der Waals surface area contributed by atoms with Crippen LogP contribution in [0, 0.1) is 0 Å². The van der Waals surface area contributed by atoms with Crippen LogP contribution in [0.3, 0.4) is 0 Å². The fourth-order valence-electron chi connectivity index (χ4n) is 4.37. The molecule has 34 heavy (non-hydrogen) atoms. The number of nitrogens with one attached hydrogen (secondary N) is 2. The predicted octanol–water partition coefficient (Wildman–Crippen LogP) is 3.30. The summed E-state index contributed by atoms with van der Waals surface area (Å²) in [6, 6.07) is 7.96. The van der Waals surface area contributed by atoms with Crippen molar-refractivity contribution in [2.24, 2.45) is 0 Å². The maximum absolute atomic E-state index is 14.6.